The Morgan fingerprint density at radius 3 is 3.10 bits per heavy atom. The summed E-state index contributed by atoms with van der Waals surface area (Å²) in [5, 5.41) is 0. The molecule has 1 aliphatic rings. The Kier molecular flexibility index (Phi) is 4.22. The Bertz CT molecular complexity index is 593. The number of pyridine rings is 1. The van der Waals surface area contributed by atoms with E-state index in [0.717, 1.165) is 25.2 Å². The van der Waals surface area contributed by atoms with E-state index in [0.29, 0.717) is 12.2 Å². The number of nitrogens with zero attached hydrogens (tertiary/aromatic N) is 3. The zero-order valence-corrected chi connectivity index (χ0v) is 12.0. The first-order valence-electron chi connectivity index (χ1n) is 6.72. The second kappa shape index (κ2) is 6.28. The van der Waals surface area contributed by atoms with Crippen LogP contribution in [0.25, 0.3) is 5.52 Å². The molecule has 20 heavy (non-hydrogen) atoms. The third kappa shape index (κ3) is 3.13. The number of ether oxygens (including phenoxy) is 1. The summed E-state index contributed by atoms with van der Waals surface area (Å²) in [5.74, 6) is 2.08. The van der Waals surface area contributed by atoms with Gasteiger partial charge in [-0.15, -0.1) is 0 Å². The van der Waals surface area contributed by atoms with E-state index in [-0.39, 0.29) is 5.97 Å². The van der Waals surface area contributed by atoms with Gasteiger partial charge >= 0.3 is 5.97 Å². The number of hydrogen-bond acceptors (Lipinski definition) is 5. The van der Waals surface area contributed by atoms with E-state index in [1.165, 1.54) is 11.5 Å². The van der Waals surface area contributed by atoms with Crippen LogP contribution in [-0.2, 0) is 4.74 Å². The van der Waals surface area contributed by atoms with E-state index in [2.05, 4.69) is 9.88 Å². The fraction of sp³-hybridized carbons (Fsp3) is 0.429. The first kappa shape index (κ1) is 13.5. The fourth-order valence-corrected chi connectivity index (χ4v) is 3.20. The third-order valence-corrected chi connectivity index (χ3v) is 4.34. The van der Waals surface area contributed by atoms with E-state index in [4.69, 9.17) is 4.74 Å². The van der Waals surface area contributed by atoms with Crippen molar-refractivity contribution in [3.63, 3.8) is 0 Å². The number of carbonyl (C=O) groups excluding carboxylic acids is 1. The molecule has 0 N–H and O–H groups in total. The topological polar surface area (TPSA) is 46.8 Å². The molecule has 0 atom stereocenters. The molecule has 0 unspecified atom stereocenters. The number of fused-ring (bicyclic) bond motifs is 1. The first-order valence-corrected chi connectivity index (χ1v) is 7.87. The summed E-state index contributed by atoms with van der Waals surface area (Å²) in [5.41, 5.74) is 1.47. The van der Waals surface area contributed by atoms with Gasteiger partial charge in [-0.05, 0) is 12.1 Å². The SMILES string of the molecule is O=C(OCCN1CCSCC1)c1ccn2cncc2c1. The molecule has 106 valence electrons. The van der Waals surface area contributed by atoms with E-state index in [9.17, 15) is 4.79 Å². The maximum atomic E-state index is 12.0. The summed E-state index contributed by atoms with van der Waals surface area (Å²) in [4.78, 5) is 18.3. The highest BCUT2D eigenvalue weighted by Gasteiger charge is 2.12. The van der Waals surface area contributed by atoms with Crippen LogP contribution in [0.5, 0.6) is 0 Å². The highest BCUT2D eigenvalue weighted by molar-refractivity contribution is 7.99. The molecule has 1 fully saturated rings. The number of imidazole rings is 1. The lowest BCUT2D eigenvalue weighted by Crippen LogP contribution is -2.35. The van der Waals surface area contributed by atoms with Gasteiger partial charge in [0.2, 0.25) is 0 Å². The van der Waals surface area contributed by atoms with Gasteiger partial charge in [-0.1, -0.05) is 0 Å². The van der Waals surface area contributed by atoms with Gasteiger partial charge < -0.3 is 9.14 Å². The molecule has 0 spiro atoms. The molecule has 1 saturated heterocycles. The predicted octanol–water partition coefficient (Wildman–Crippen LogP) is 1.54. The molecule has 6 heteroatoms. The normalized spacial score (nSPS) is 16.4. The Balaban J connectivity index is 1.53. The molecule has 1 aliphatic heterocycles. The van der Waals surface area contributed by atoms with Gasteiger partial charge in [-0.25, -0.2) is 9.78 Å². The monoisotopic (exact) mass is 291 g/mol. The van der Waals surface area contributed by atoms with Gasteiger partial charge in [-0.2, -0.15) is 11.8 Å². The van der Waals surface area contributed by atoms with Crippen LogP contribution in [0.3, 0.4) is 0 Å². The quantitative estimate of drug-likeness (QED) is 0.800. The number of rotatable bonds is 4. The molecule has 2 aromatic heterocycles. The van der Waals surface area contributed by atoms with Crippen LogP contribution in [0.1, 0.15) is 10.4 Å². The first-order chi connectivity index (χ1) is 9.83. The molecule has 0 saturated carbocycles. The van der Waals surface area contributed by atoms with Crippen molar-refractivity contribution < 1.29 is 9.53 Å². The summed E-state index contributed by atoms with van der Waals surface area (Å²) in [7, 11) is 0. The summed E-state index contributed by atoms with van der Waals surface area (Å²) >= 11 is 1.98. The van der Waals surface area contributed by atoms with Crippen LogP contribution in [0.2, 0.25) is 0 Å². The molecule has 0 aromatic carbocycles. The number of esters is 1. The Labute approximate surface area is 121 Å². The summed E-state index contributed by atoms with van der Waals surface area (Å²) in [6.45, 7) is 3.45. The average molecular weight is 291 g/mol. The maximum Gasteiger partial charge on any atom is 0.338 e. The largest absolute Gasteiger partial charge is 0.461 e. The zero-order valence-electron chi connectivity index (χ0n) is 11.2. The molecule has 0 bridgehead atoms. The van der Waals surface area contributed by atoms with Gasteiger partial charge in [0.1, 0.15) is 6.61 Å². The van der Waals surface area contributed by atoms with Gasteiger partial charge in [0.25, 0.3) is 0 Å². The molecule has 0 aliphatic carbocycles. The molecular weight excluding hydrogens is 274 g/mol. The second-order valence-electron chi connectivity index (χ2n) is 4.73. The van der Waals surface area contributed by atoms with E-state index in [1.807, 2.05) is 22.4 Å². The highest BCUT2D eigenvalue weighted by Crippen LogP contribution is 2.10. The van der Waals surface area contributed by atoms with Crippen molar-refractivity contribution in [2.75, 3.05) is 37.7 Å². The van der Waals surface area contributed by atoms with E-state index in [1.54, 1.807) is 24.7 Å². The standard InChI is InChI=1S/C14H17N3O2S/c18-14(19-6-3-16-4-7-20-8-5-16)12-1-2-17-11-15-10-13(17)9-12/h1-2,9-11H,3-8H2. The van der Waals surface area contributed by atoms with Crippen LogP contribution in [0.4, 0.5) is 0 Å². The minimum atomic E-state index is -0.264. The number of hydrogen-bond donors (Lipinski definition) is 0. The molecule has 2 aromatic rings. The lowest BCUT2D eigenvalue weighted by molar-refractivity contribution is 0.0466. The Hall–Kier alpha value is -1.53. The maximum absolute atomic E-state index is 12.0. The van der Waals surface area contributed by atoms with Crippen molar-refractivity contribution in [3.8, 4) is 0 Å². The summed E-state index contributed by atoms with van der Waals surface area (Å²) in [6.07, 6.45) is 5.25. The number of thioether (sulfide) groups is 1. The van der Waals surface area contributed by atoms with Crippen LogP contribution in [0, 0.1) is 0 Å². The summed E-state index contributed by atoms with van der Waals surface area (Å²) in [6, 6.07) is 3.56. The van der Waals surface area contributed by atoms with Crippen molar-refractivity contribution in [2.45, 2.75) is 0 Å². The van der Waals surface area contributed by atoms with Crippen molar-refractivity contribution >= 4 is 23.2 Å². The molecule has 3 rings (SSSR count). The van der Waals surface area contributed by atoms with Crippen molar-refractivity contribution in [3.05, 3.63) is 36.4 Å². The zero-order chi connectivity index (χ0) is 13.8. The van der Waals surface area contributed by atoms with E-state index < -0.39 is 0 Å². The predicted molar refractivity (Wildman–Crippen MR) is 79.2 cm³/mol. The lowest BCUT2D eigenvalue weighted by Gasteiger charge is -2.25. The van der Waals surface area contributed by atoms with Crippen LogP contribution < -0.4 is 0 Å². The van der Waals surface area contributed by atoms with Crippen molar-refractivity contribution in [2.24, 2.45) is 0 Å². The van der Waals surface area contributed by atoms with Gasteiger partial charge in [-0.3, -0.25) is 4.90 Å². The minimum Gasteiger partial charge on any atom is -0.461 e. The van der Waals surface area contributed by atoms with Gasteiger partial charge in [0.15, 0.2) is 0 Å². The third-order valence-electron chi connectivity index (χ3n) is 3.39. The van der Waals surface area contributed by atoms with Crippen molar-refractivity contribution in [1.82, 2.24) is 14.3 Å². The van der Waals surface area contributed by atoms with Crippen LogP contribution in [-0.4, -0.2) is 58.0 Å². The lowest BCUT2D eigenvalue weighted by atomic mass is 10.2. The second-order valence-corrected chi connectivity index (χ2v) is 5.96. The highest BCUT2D eigenvalue weighted by atomic mass is 32.2. The van der Waals surface area contributed by atoms with Crippen LogP contribution in [0.15, 0.2) is 30.9 Å². The fourth-order valence-electron chi connectivity index (χ4n) is 2.22. The van der Waals surface area contributed by atoms with Crippen molar-refractivity contribution in [1.29, 1.82) is 0 Å². The minimum absolute atomic E-state index is 0.264. The van der Waals surface area contributed by atoms with Gasteiger partial charge in [0, 0.05) is 37.3 Å². The number of aromatic nitrogens is 2. The molecule has 0 radical (unpaired) electrons. The Morgan fingerprint density at radius 2 is 2.25 bits per heavy atom. The molecular formula is C14H17N3O2S. The molecule has 5 nitrogen and oxygen atoms in total. The molecule has 3 heterocycles. The smallest absolute Gasteiger partial charge is 0.338 e. The Morgan fingerprint density at radius 1 is 1.40 bits per heavy atom. The van der Waals surface area contributed by atoms with Gasteiger partial charge in [0.05, 0.1) is 23.6 Å². The average Bonchev–Trinajstić information content (AvgIpc) is 2.95. The number of carbonyl (C=O) groups is 1. The van der Waals surface area contributed by atoms with E-state index >= 15 is 0 Å². The summed E-state index contributed by atoms with van der Waals surface area (Å²) < 4.78 is 7.20. The molecule has 0 amide bonds. The van der Waals surface area contributed by atoms with Crippen LogP contribution >= 0.6 is 11.8 Å².